The van der Waals surface area contributed by atoms with Crippen LogP contribution in [0.25, 0.3) is 0 Å². The molecule has 1 aliphatic heterocycles. The average molecular weight is 328 g/mol. The first-order valence-corrected chi connectivity index (χ1v) is 7.68. The largest absolute Gasteiger partial charge is 0.484 e. The Morgan fingerprint density at radius 1 is 1.17 bits per heavy atom. The van der Waals surface area contributed by atoms with E-state index in [0.29, 0.717) is 18.7 Å². The second-order valence-corrected chi connectivity index (χ2v) is 5.45. The Labute approximate surface area is 139 Å². The van der Waals surface area contributed by atoms with Crippen LogP contribution in [0.1, 0.15) is 6.42 Å². The van der Waals surface area contributed by atoms with Gasteiger partial charge in [-0.2, -0.15) is 0 Å². The van der Waals surface area contributed by atoms with Gasteiger partial charge in [0.25, 0.3) is 5.91 Å². The molecule has 1 aliphatic rings. The van der Waals surface area contributed by atoms with E-state index in [2.05, 4.69) is 5.32 Å². The molecule has 0 spiro atoms. The molecule has 124 valence electrons. The van der Waals surface area contributed by atoms with Gasteiger partial charge < -0.3 is 15.0 Å². The van der Waals surface area contributed by atoms with Crippen molar-refractivity contribution in [2.45, 2.75) is 12.5 Å². The van der Waals surface area contributed by atoms with E-state index in [9.17, 15) is 14.0 Å². The second-order valence-electron chi connectivity index (χ2n) is 5.45. The van der Waals surface area contributed by atoms with E-state index in [1.54, 1.807) is 42.5 Å². The fraction of sp³-hybridized carbons (Fsp3) is 0.222. The zero-order chi connectivity index (χ0) is 16.9. The molecule has 2 aromatic rings. The number of carbonyl (C=O) groups excluding carboxylic acids is 2. The smallest absolute Gasteiger partial charge is 0.258 e. The first kappa shape index (κ1) is 16.0. The average Bonchev–Trinajstić information content (AvgIpc) is 2.95. The lowest BCUT2D eigenvalue weighted by molar-refractivity contribution is -0.127. The number of para-hydroxylation sites is 2. The molecule has 24 heavy (non-hydrogen) atoms. The summed E-state index contributed by atoms with van der Waals surface area (Å²) in [5.41, 5.74) is 0.236. The number of rotatable bonds is 5. The van der Waals surface area contributed by atoms with Crippen LogP contribution in [-0.2, 0) is 9.59 Å². The van der Waals surface area contributed by atoms with Crippen molar-refractivity contribution in [1.29, 1.82) is 0 Å². The lowest BCUT2D eigenvalue weighted by Gasteiger charge is -2.17. The van der Waals surface area contributed by atoms with Crippen LogP contribution < -0.4 is 15.0 Å². The Balaban J connectivity index is 1.56. The summed E-state index contributed by atoms with van der Waals surface area (Å²) < 4.78 is 19.2. The van der Waals surface area contributed by atoms with Crippen molar-refractivity contribution in [2.75, 3.05) is 18.1 Å². The predicted octanol–water partition coefficient (Wildman–Crippen LogP) is 2.13. The molecule has 0 bridgehead atoms. The van der Waals surface area contributed by atoms with E-state index in [4.69, 9.17) is 4.74 Å². The molecule has 1 atom stereocenters. The molecule has 2 aromatic carbocycles. The molecule has 1 N–H and O–H groups in total. The predicted molar refractivity (Wildman–Crippen MR) is 87.2 cm³/mol. The number of halogens is 1. The van der Waals surface area contributed by atoms with Gasteiger partial charge in [0.2, 0.25) is 5.91 Å². The molecule has 1 fully saturated rings. The number of ether oxygens (including phenoxy) is 1. The highest BCUT2D eigenvalue weighted by atomic mass is 19.1. The quantitative estimate of drug-likeness (QED) is 0.915. The SMILES string of the molecule is O=C(COc1ccccc1)NC1CCN(c2ccccc2F)C1=O. The minimum Gasteiger partial charge on any atom is -0.484 e. The van der Waals surface area contributed by atoms with Crippen molar-refractivity contribution >= 4 is 17.5 Å². The zero-order valence-electron chi connectivity index (χ0n) is 12.9. The standard InChI is InChI=1S/C18H17FN2O3/c19-14-8-4-5-9-16(14)21-11-10-15(18(21)23)20-17(22)12-24-13-6-2-1-3-7-13/h1-9,15H,10-12H2,(H,20,22). The maximum Gasteiger partial charge on any atom is 0.258 e. The van der Waals surface area contributed by atoms with Crippen LogP contribution in [0.4, 0.5) is 10.1 Å². The van der Waals surface area contributed by atoms with Crippen molar-refractivity contribution < 1.29 is 18.7 Å². The van der Waals surface area contributed by atoms with Crippen molar-refractivity contribution in [1.82, 2.24) is 5.32 Å². The summed E-state index contributed by atoms with van der Waals surface area (Å²) in [7, 11) is 0. The van der Waals surface area contributed by atoms with Gasteiger partial charge in [0.05, 0.1) is 5.69 Å². The highest BCUT2D eigenvalue weighted by Gasteiger charge is 2.34. The molecular formula is C18H17FN2O3. The second kappa shape index (κ2) is 7.12. The Hall–Kier alpha value is -2.89. The normalized spacial score (nSPS) is 17.0. The van der Waals surface area contributed by atoms with Crippen LogP contribution in [0, 0.1) is 5.82 Å². The lowest BCUT2D eigenvalue weighted by atomic mass is 10.2. The van der Waals surface area contributed by atoms with Gasteiger partial charge in [-0.25, -0.2) is 4.39 Å². The Morgan fingerprint density at radius 3 is 2.62 bits per heavy atom. The number of hydrogen-bond donors (Lipinski definition) is 1. The van der Waals surface area contributed by atoms with Gasteiger partial charge in [-0.05, 0) is 30.7 Å². The van der Waals surface area contributed by atoms with E-state index < -0.39 is 11.9 Å². The van der Waals surface area contributed by atoms with E-state index in [-0.39, 0.29) is 24.1 Å². The zero-order valence-corrected chi connectivity index (χ0v) is 12.9. The summed E-state index contributed by atoms with van der Waals surface area (Å²) >= 11 is 0. The molecule has 1 saturated heterocycles. The summed E-state index contributed by atoms with van der Waals surface area (Å²) in [6.07, 6.45) is 0.435. The monoisotopic (exact) mass is 328 g/mol. The van der Waals surface area contributed by atoms with Crippen LogP contribution in [0.15, 0.2) is 54.6 Å². The van der Waals surface area contributed by atoms with Crippen LogP contribution in [0.2, 0.25) is 0 Å². The van der Waals surface area contributed by atoms with E-state index in [1.165, 1.54) is 11.0 Å². The number of anilines is 1. The fourth-order valence-corrected chi connectivity index (χ4v) is 2.63. The Bertz CT molecular complexity index is 736. The lowest BCUT2D eigenvalue weighted by Crippen LogP contribution is -2.43. The summed E-state index contributed by atoms with van der Waals surface area (Å²) in [5.74, 6) is -0.565. The molecule has 0 aromatic heterocycles. The summed E-state index contributed by atoms with van der Waals surface area (Å²) in [4.78, 5) is 25.7. The third-order valence-corrected chi connectivity index (χ3v) is 3.80. The molecule has 3 rings (SSSR count). The van der Waals surface area contributed by atoms with E-state index in [1.807, 2.05) is 6.07 Å². The van der Waals surface area contributed by atoms with Crippen LogP contribution in [-0.4, -0.2) is 31.0 Å². The Morgan fingerprint density at radius 2 is 1.88 bits per heavy atom. The number of amides is 2. The van der Waals surface area contributed by atoms with Gasteiger partial charge in [0, 0.05) is 6.54 Å². The highest BCUT2D eigenvalue weighted by Crippen LogP contribution is 2.24. The van der Waals surface area contributed by atoms with Gasteiger partial charge >= 0.3 is 0 Å². The summed E-state index contributed by atoms with van der Waals surface area (Å²) in [6, 6.07) is 14.4. The van der Waals surface area contributed by atoms with Crippen LogP contribution in [0.3, 0.4) is 0 Å². The number of hydrogen-bond acceptors (Lipinski definition) is 3. The molecule has 1 heterocycles. The molecule has 0 radical (unpaired) electrons. The minimum absolute atomic E-state index is 0.173. The maximum atomic E-state index is 13.8. The van der Waals surface area contributed by atoms with Gasteiger partial charge in [-0.1, -0.05) is 30.3 Å². The fourth-order valence-electron chi connectivity index (χ4n) is 2.63. The van der Waals surface area contributed by atoms with Crippen LogP contribution >= 0.6 is 0 Å². The van der Waals surface area contributed by atoms with Gasteiger partial charge in [0.1, 0.15) is 17.6 Å². The molecule has 2 amide bonds. The van der Waals surface area contributed by atoms with Crippen molar-refractivity contribution in [3.63, 3.8) is 0 Å². The molecule has 6 heteroatoms. The molecular weight excluding hydrogens is 311 g/mol. The van der Waals surface area contributed by atoms with Gasteiger partial charge in [0.15, 0.2) is 6.61 Å². The first-order chi connectivity index (χ1) is 11.6. The van der Waals surface area contributed by atoms with Crippen LogP contribution in [0.5, 0.6) is 5.75 Å². The molecule has 0 saturated carbocycles. The van der Waals surface area contributed by atoms with Crippen molar-refractivity contribution in [3.05, 3.63) is 60.4 Å². The van der Waals surface area contributed by atoms with Gasteiger partial charge in [-0.3, -0.25) is 9.59 Å². The third-order valence-electron chi connectivity index (χ3n) is 3.80. The summed E-state index contributed by atoms with van der Waals surface area (Å²) in [5, 5.41) is 2.64. The topological polar surface area (TPSA) is 58.6 Å². The maximum absolute atomic E-state index is 13.8. The number of nitrogens with zero attached hydrogens (tertiary/aromatic N) is 1. The number of nitrogens with one attached hydrogen (secondary N) is 1. The number of benzene rings is 2. The third kappa shape index (κ3) is 3.53. The minimum atomic E-state index is -0.656. The van der Waals surface area contributed by atoms with E-state index in [0.717, 1.165) is 0 Å². The molecule has 0 aliphatic carbocycles. The highest BCUT2D eigenvalue weighted by molar-refractivity contribution is 6.01. The molecule has 1 unspecified atom stereocenters. The Kier molecular flexibility index (Phi) is 4.74. The first-order valence-electron chi connectivity index (χ1n) is 7.68. The van der Waals surface area contributed by atoms with Gasteiger partial charge in [-0.15, -0.1) is 0 Å². The van der Waals surface area contributed by atoms with Crippen molar-refractivity contribution in [2.24, 2.45) is 0 Å². The van der Waals surface area contributed by atoms with E-state index >= 15 is 0 Å². The number of carbonyl (C=O) groups is 2. The summed E-state index contributed by atoms with van der Waals surface area (Å²) in [6.45, 7) is 0.192. The van der Waals surface area contributed by atoms with Crippen molar-refractivity contribution in [3.8, 4) is 5.75 Å². The molecule has 5 nitrogen and oxygen atoms in total.